The van der Waals surface area contributed by atoms with Gasteiger partial charge in [0.25, 0.3) is 0 Å². The van der Waals surface area contributed by atoms with Crippen LogP contribution in [-0.2, 0) is 17.7 Å². The van der Waals surface area contributed by atoms with Crippen molar-refractivity contribution in [3.05, 3.63) is 59.7 Å². The Bertz CT molecular complexity index is 782. The van der Waals surface area contributed by atoms with E-state index in [-0.39, 0.29) is 12.2 Å². The molecule has 2 aromatic carbocycles. The highest BCUT2D eigenvalue weighted by molar-refractivity contribution is 5.85. The molecule has 4 heteroatoms. The Hall–Kier alpha value is -2.49. The van der Waals surface area contributed by atoms with E-state index in [1.807, 2.05) is 6.07 Å². The lowest BCUT2D eigenvalue weighted by molar-refractivity contribution is 0.0933. The summed E-state index contributed by atoms with van der Waals surface area (Å²) in [6, 6.07) is 16.8. The van der Waals surface area contributed by atoms with Crippen molar-refractivity contribution in [2.24, 2.45) is 0 Å². The maximum absolute atomic E-state index is 12.3. The van der Waals surface area contributed by atoms with Gasteiger partial charge in [-0.05, 0) is 61.4 Å². The third-order valence-electron chi connectivity index (χ3n) is 5.86. The molecule has 1 saturated carbocycles. The van der Waals surface area contributed by atoms with E-state index in [2.05, 4.69) is 52.7 Å². The number of hydrogen-bond acceptors (Lipinski definition) is 3. The minimum atomic E-state index is -0.315. The first kappa shape index (κ1) is 18.9. The van der Waals surface area contributed by atoms with Crippen LogP contribution in [0.15, 0.2) is 48.5 Å². The van der Waals surface area contributed by atoms with Crippen molar-refractivity contribution in [3.63, 3.8) is 0 Å². The van der Waals surface area contributed by atoms with Crippen molar-refractivity contribution in [1.82, 2.24) is 0 Å². The summed E-state index contributed by atoms with van der Waals surface area (Å²) in [6.07, 6.45) is 8.89. The second kappa shape index (κ2) is 9.13. The Kier molecular flexibility index (Phi) is 6.15. The topological polar surface area (TPSA) is 41.6 Å². The first-order valence-electron chi connectivity index (χ1n) is 10.7. The van der Waals surface area contributed by atoms with Gasteiger partial charge in [-0.2, -0.15) is 0 Å². The molecular formula is C24H30N2O2. The maximum atomic E-state index is 12.3. The smallest absolute Gasteiger partial charge is 0.411 e. The van der Waals surface area contributed by atoms with Crippen LogP contribution in [0.1, 0.15) is 56.1 Å². The average Bonchev–Trinajstić information content (AvgIpc) is 3.07. The first-order chi connectivity index (χ1) is 13.8. The molecule has 148 valence electrons. The third kappa shape index (κ3) is 4.86. The largest absolute Gasteiger partial charge is 0.446 e. The fourth-order valence-corrected chi connectivity index (χ4v) is 4.35. The molecule has 4 nitrogen and oxygen atoms in total. The summed E-state index contributed by atoms with van der Waals surface area (Å²) in [6.45, 7) is 1.94. The average molecular weight is 379 g/mol. The van der Waals surface area contributed by atoms with Crippen molar-refractivity contribution < 1.29 is 9.53 Å². The normalized spacial score (nSPS) is 17.5. The highest BCUT2D eigenvalue weighted by Gasteiger charge is 2.21. The van der Waals surface area contributed by atoms with Gasteiger partial charge in [-0.25, -0.2) is 4.79 Å². The lowest BCUT2D eigenvalue weighted by Gasteiger charge is -2.21. The van der Waals surface area contributed by atoms with Gasteiger partial charge < -0.3 is 9.64 Å². The van der Waals surface area contributed by atoms with Gasteiger partial charge in [0.2, 0.25) is 0 Å². The van der Waals surface area contributed by atoms with Gasteiger partial charge in [0.1, 0.15) is 6.10 Å². The summed E-state index contributed by atoms with van der Waals surface area (Å²) < 4.78 is 5.69. The molecule has 0 unspecified atom stereocenters. The Morgan fingerprint density at radius 2 is 1.75 bits per heavy atom. The van der Waals surface area contributed by atoms with Crippen molar-refractivity contribution in [3.8, 4) is 0 Å². The molecule has 1 aliphatic heterocycles. The summed E-state index contributed by atoms with van der Waals surface area (Å²) in [5.41, 5.74) is 4.71. The van der Waals surface area contributed by atoms with Gasteiger partial charge in [-0.15, -0.1) is 0 Å². The number of anilines is 2. The van der Waals surface area contributed by atoms with Gasteiger partial charge >= 0.3 is 6.09 Å². The van der Waals surface area contributed by atoms with E-state index in [0.717, 1.165) is 50.9 Å². The zero-order valence-corrected chi connectivity index (χ0v) is 16.5. The zero-order valence-electron chi connectivity index (χ0n) is 16.5. The number of fused-ring (bicyclic) bond motifs is 1. The molecular weight excluding hydrogens is 348 g/mol. The summed E-state index contributed by atoms with van der Waals surface area (Å²) in [5.74, 6) is 0. The molecule has 2 aromatic rings. The van der Waals surface area contributed by atoms with Crippen LogP contribution in [-0.4, -0.2) is 18.7 Å². The monoisotopic (exact) mass is 378 g/mol. The second-order valence-electron chi connectivity index (χ2n) is 8.00. The first-order valence-corrected chi connectivity index (χ1v) is 10.7. The third-order valence-corrected chi connectivity index (χ3v) is 5.86. The number of rotatable bonds is 4. The molecule has 1 N–H and O–H groups in total. The van der Waals surface area contributed by atoms with Crippen molar-refractivity contribution in [2.75, 3.05) is 16.8 Å². The molecule has 0 bridgehead atoms. The highest BCUT2D eigenvalue weighted by Crippen LogP contribution is 2.31. The second-order valence-corrected chi connectivity index (χ2v) is 8.00. The maximum Gasteiger partial charge on any atom is 0.411 e. The van der Waals surface area contributed by atoms with Crippen LogP contribution in [0.5, 0.6) is 0 Å². The van der Waals surface area contributed by atoms with Crippen LogP contribution >= 0.6 is 0 Å². The summed E-state index contributed by atoms with van der Waals surface area (Å²) >= 11 is 0. The van der Waals surface area contributed by atoms with E-state index in [1.54, 1.807) is 0 Å². The standard InChI is InChI=1S/C24H30N2O2/c27-24(28-22-11-7-2-1-3-8-12-22)25-21-13-14-23-20(17-21)15-16-26(23)18-19-9-5-4-6-10-19/h4-6,9-10,13-14,17,22H,1-3,7-8,11-12,15-16,18H2,(H,25,27). The molecule has 2 aliphatic rings. The molecule has 0 spiro atoms. The van der Waals surface area contributed by atoms with Gasteiger partial charge in [0, 0.05) is 24.5 Å². The SMILES string of the molecule is O=C(Nc1ccc2c(c1)CCN2Cc1ccccc1)OC1CCCCCCC1. The van der Waals surface area contributed by atoms with Gasteiger partial charge in [0.15, 0.2) is 0 Å². The molecule has 1 amide bonds. The minimum absolute atomic E-state index is 0.0658. The summed E-state index contributed by atoms with van der Waals surface area (Å²) in [7, 11) is 0. The number of carbonyl (C=O) groups is 1. The van der Waals surface area contributed by atoms with E-state index < -0.39 is 0 Å². The Morgan fingerprint density at radius 1 is 1.00 bits per heavy atom. The van der Waals surface area contributed by atoms with Crippen LogP contribution in [0.2, 0.25) is 0 Å². The number of amides is 1. The van der Waals surface area contributed by atoms with E-state index in [4.69, 9.17) is 4.74 Å². The van der Waals surface area contributed by atoms with E-state index in [0.29, 0.717) is 0 Å². The molecule has 1 heterocycles. The van der Waals surface area contributed by atoms with Crippen molar-refractivity contribution in [1.29, 1.82) is 0 Å². The predicted octanol–water partition coefficient (Wildman–Crippen LogP) is 5.91. The van der Waals surface area contributed by atoms with Gasteiger partial charge in [-0.1, -0.05) is 49.6 Å². The molecule has 0 aromatic heterocycles. The number of carbonyl (C=O) groups excluding carboxylic acids is 1. The molecule has 0 saturated heterocycles. The Morgan fingerprint density at radius 3 is 2.54 bits per heavy atom. The van der Waals surface area contributed by atoms with Crippen LogP contribution in [0.3, 0.4) is 0 Å². The van der Waals surface area contributed by atoms with E-state index >= 15 is 0 Å². The number of benzene rings is 2. The highest BCUT2D eigenvalue weighted by atomic mass is 16.6. The van der Waals surface area contributed by atoms with Gasteiger partial charge in [0.05, 0.1) is 0 Å². The molecule has 0 radical (unpaired) electrons. The quantitative estimate of drug-likeness (QED) is 0.719. The molecule has 1 fully saturated rings. The fraction of sp³-hybridized carbons (Fsp3) is 0.458. The fourth-order valence-electron chi connectivity index (χ4n) is 4.35. The number of ether oxygens (including phenoxy) is 1. The van der Waals surface area contributed by atoms with Crippen LogP contribution in [0.4, 0.5) is 16.2 Å². The molecule has 1 aliphatic carbocycles. The molecule has 28 heavy (non-hydrogen) atoms. The predicted molar refractivity (Wildman–Crippen MR) is 114 cm³/mol. The van der Waals surface area contributed by atoms with E-state index in [1.165, 1.54) is 36.1 Å². The summed E-state index contributed by atoms with van der Waals surface area (Å²) in [4.78, 5) is 14.7. The Balaban J connectivity index is 1.34. The lowest BCUT2D eigenvalue weighted by Crippen LogP contribution is -2.23. The van der Waals surface area contributed by atoms with Crippen LogP contribution in [0.25, 0.3) is 0 Å². The number of hydrogen-bond donors (Lipinski definition) is 1. The van der Waals surface area contributed by atoms with Crippen molar-refractivity contribution >= 4 is 17.5 Å². The zero-order chi connectivity index (χ0) is 19.2. The Labute approximate surface area is 167 Å². The van der Waals surface area contributed by atoms with Gasteiger partial charge in [-0.3, -0.25) is 5.32 Å². The minimum Gasteiger partial charge on any atom is -0.446 e. The summed E-state index contributed by atoms with van der Waals surface area (Å²) in [5, 5.41) is 2.94. The van der Waals surface area contributed by atoms with Crippen LogP contribution in [0, 0.1) is 0 Å². The van der Waals surface area contributed by atoms with Crippen LogP contribution < -0.4 is 10.2 Å². The van der Waals surface area contributed by atoms with E-state index in [9.17, 15) is 4.79 Å². The van der Waals surface area contributed by atoms with Crippen molar-refractivity contribution in [2.45, 2.75) is 64.0 Å². The number of nitrogens with zero attached hydrogens (tertiary/aromatic N) is 1. The molecule has 4 rings (SSSR count). The molecule has 0 atom stereocenters. The lowest BCUT2D eigenvalue weighted by atomic mass is 9.99. The number of nitrogens with one attached hydrogen (secondary N) is 1.